The molecule has 0 saturated heterocycles. The Bertz CT molecular complexity index is 1490. The summed E-state index contributed by atoms with van der Waals surface area (Å²) >= 11 is 0. The molecule has 0 aliphatic rings. The number of hydrogen-bond donors (Lipinski definition) is 1. The van der Waals surface area contributed by atoms with Crippen LogP contribution in [0.4, 0.5) is 4.39 Å². The number of carbonyl (C=O) groups is 2. The molecule has 6 heteroatoms. The van der Waals surface area contributed by atoms with Crippen molar-refractivity contribution in [1.82, 2.24) is 9.88 Å². The van der Waals surface area contributed by atoms with E-state index < -0.39 is 11.9 Å². The van der Waals surface area contributed by atoms with E-state index in [-0.39, 0.29) is 11.9 Å². The minimum Gasteiger partial charge on any atom is -0.483 e. The number of carbonyl (C=O) groups excluding carboxylic acids is 2. The zero-order chi connectivity index (χ0) is 27.6. The largest absolute Gasteiger partial charge is 0.483 e. The number of ether oxygens (including phenoxy) is 1. The van der Waals surface area contributed by atoms with Gasteiger partial charge in [-0.05, 0) is 86.2 Å². The van der Waals surface area contributed by atoms with Gasteiger partial charge in [0.05, 0.1) is 6.04 Å². The molecule has 0 bridgehead atoms. The van der Waals surface area contributed by atoms with Crippen molar-refractivity contribution in [3.8, 4) is 5.75 Å². The number of nitrogens with zero attached hydrogens (tertiary/aromatic N) is 1. The first-order chi connectivity index (χ1) is 18.1. The van der Waals surface area contributed by atoms with Gasteiger partial charge in [0.25, 0.3) is 5.91 Å². The Kier molecular flexibility index (Phi) is 8.00. The fraction of sp³-hybridized carbons (Fsp3) is 0.312. The molecule has 1 heterocycles. The predicted octanol–water partition coefficient (Wildman–Crippen LogP) is 7.03. The van der Waals surface area contributed by atoms with Crippen LogP contribution in [0.5, 0.6) is 5.75 Å². The van der Waals surface area contributed by atoms with E-state index in [2.05, 4.69) is 35.9 Å². The van der Waals surface area contributed by atoms with Crippen molar-refractivity contribution in [1.29, 1.82) is 0 Å². The zero-order valence-electron chi connectivity index (χ0n) is 22.8. The van der Waals surface area contributed by atoms with E-state index in [9.17, 15) is 14.0 Å². The summed E-state index contributed by atoms with van der Waals surface area (Å²) in [5.41, 5.74) is 6.69. The van der Waals surface area contributed by atoms with E-state index in [0.29, 0.717) is 30.1 Å². The van der Waals surface area contributed by atoms with Gasteiger partial charge in [0, 0.05) is 34.8 Å². The molecule has 5 nitrogen and oxygen atoms in total. The first-order valence-corrected chi connectivity index (χ1v) is 13.0. The Morgan fingerprint density at radius 3 is 2.45 bits per heavy atom. The monoisotopic (exact) mass is 514 g/mol. The quantitative estimate of drug-likeness (QED) is 0.244. The first kappa shape index (κ1) is 27.1. The number of nitrogens with one attached hydrogen (secondary N) is 1. The lowest BCUT2D eigenvalue weighted by Crippen LogP contribution is -2.26. The van der Waals surface area contributed by atoms with E-state index in [1.165, 1.54) is 17.7 Å². The van der Waals surface area contributed by atoms with Crippen molar-refractivity contribution in [3.63, 3.8) is 0 Å². The van der Waals surface area contributed by atoms with Gasteiger partial charge in [-0.1, -0.05) is 38.1 Å². The Morgan fingerprint density at radius 2 is 1.74 bits per heavy atom. The maximum absolute atomic E-state index is 14.3. The zero-order valence-corrected chi connectivity index (χ0v) is 22.8. The molecule has 0 spiro atoms. The fourth-order valence-electron chi connectivity index (χ4n) is 4.75. The molecule has 0 unspecified atom stereocenters. The summed E-state index contributed by atoms with van der Waals surface area (Å²) in [6.07, 6.45) is 0.0156. The third-order valence-corrected chi connectivity index (χ3v) is 7.11. The standard InChI is InChI=1S/C32H35FN2O3/c1-19(2)25-8-7-9-26(14-25)22(5)34-32(37)27-10-11-31-30(15-27)21(4)23(6)35(31)17-24-12-28(33)16-29(13-24)38-20(3)18-36/h7-16,18-20,22H,17H2,1-6H3,(H,34,37)/t20-,22-/m0/s1. The third kappa shape index (κ3) is 5.80. The summed E-state index contributed by atoms with van der Waals surface area (Å²) in [5, 5.41) is 4.11. The minimum absolute atomic E-state index is 0.129. The van der Waals surface area contributed by atoms with Crippen LogP contribution in [0.2, 0.25) is 0 Å². The second kappa shape index (κ2) is 11.2. The molecule has 4 rings (SSSR count). The van der Waals surface area contributed by atoms with Crippen molar-refractivity contribution in [3.05, 3.63) is 100.0 Å². The smallest absolute Gasteiger partial charge is 0.251 e. The molecule has 38 heavy (non-hydrogen) atoms. The van der Waals surface area contributed by atoms with Crippen molar-refractivity contribution in [2.45, 2.75) is 66.2 Å². The maximum atomic E-state index is 14.3. The van der Waals surface area contributed by atoms with E-state index in [0.717, 1.165) is 33.3 Å². The van der Waals surface area contributed by atoms with Crippen LogP contribution in [0, 0.1) is 19.7 Å². The molecular weight excluding hydrogens is 479 g/mol. The molecule has 1 amide bonds. The summed E-state index contributed by atoms with van der Waals surface area (Å²) in [6.45, 7) is 12.4. The molecule has 1 N–H and O–H groups in total. The van der Waals surface area contributed by atoms with Gasteiger partial charge in [-0.15, -0.1) is 0 Å². The molecule has 0 aliphatic carbocycles. The maximum Gasteiger partial charge on any atom is 0.251 e. The number of hydrogen-bond acceptors (Lipinski definition) is 3. The van der Waals surface area contributed by atoms with Gasteiger partial charge in [-0.3, -0.25) is 9.59 Å². The van der Waals surface area contributed by atoms with Gasteiger partial charge in [0.2, 0.25) is 0 Å². The van der Waals surface area contributed by atoms with Crippen LogP contribution in [-0.2, 0) is 11.3 Å². The molecule has 0 fully saturated rings. The van der Waals surface area contributed by atoms with Crippen molar-refractivity contribution < 1.29 is 18.7 Å². The highest BCUT2D eigenvalue weighted by molar-refractivity contribution is 5.99. The van der Waals surface area contributed by atoms with Crippen LogP contribution >= 0.6 is 0 Å². The third-order valence-electron chi connectivity index (χ3n) is 7.11. The molecule has 0 radical (unpaired) electrons. The Morgan fingerprint density at radius 1 is 1.00 bits per heavy atom. The number of aldehydes is 1. The summed E-state index contributed by atoms with van der Waals surface area (Å²) in [6, 6.07) is 18.4. The Balaban J connectivity index is 1.59. The van der Waals surface area contributed by atoms with E-state index in [1.54, 1.807) is 13.0 Å². The number of aromatic nitrogens is 1. The fourth-order valence-corrected chi connectivity index (χ4v) is 4.75. The summed E-state index contributed by atoms with van der Waals surface area (Å²) in [7, 11) is 0. The number of amides is 1. The molecule has 4 aromatic rings. The highest BCUT2D eigenvalue weighted by Gasteiger charge is 2.17. The van der Waals surface area contributed by atoms with Crippen molar-refractivity contribution >= 4 is 23.1 Å². The molecule has 0 aliphatic heterocycles. The average Bonchev–Trinajstić information content (AvgIpc) is 3.12. The lowest BCUT2D eigenvalue weighted by atomic mass is 9.98. The minimum atomic E-state index is -0.660. The average molecular weight is 515 g/mol. The van der Waals surface area contributed by atoms with Gasteiger partial charge >= 0.3 is 0 Å². The molecule has 1 aromatic heterocycles. The van der Waals surface area contributed by atoms with Gasteiger partial charge in [-0.2, -0.15) is 0 Å². The molecule has 2 atom stereocenters. The van der Waals surface area contributed by atoms with Crippen molar-refractivity contribution in [2.75, 3.05) is 0 Å². The number of fused-ring (bicyclic) bond motifs is 1. The highest BCUT2D eigenvalue weighted by Crippen LogP contribution is 2.29. The first-order valence-electron chi connectivity index (χ1n) is 13.0. The van der Waals surface area contributed by atoms with E-state index in [1.807, 2.05) is 51.1 Å². The number of benzene rings is 3. The van der Waals surface area contributed by atoms with Gasteiger partial charge < -0.3 is 14.6 Å². The molecule has 198 valence electrons. The van der Waals surface area contributed by atoms with Crippen LogP contribution in [-0.4, -0.2) is 22.9 Å². The van der Waals surface area contributed by atoms with Crippen molar-refractivity contribution in [2.24, 2.45) is 0 Å². The van der Waals surface area contributed by atoms with Crippen LogP contribution in [0.25, 0.3) is 10.9 Å². The number of rotatable bonds is 9. The SMILES string of the molecule is Cc1c(C)n(Cc2cc(F)cc(O[C@@H](C)C=O)c2)c2ccc(C(=O)N[C@@H](C)c3cccc(C(C)C)c3)cc12. The summed E-state index contributed by atoms with van der Waals surface area (Å²) in [4.78, 5) is 24.1. The predicted molar refractivity (Wildman–Crippen MR) is 149 cm³/mol. The van der Waals surface area contributed by atoms with Gasteiger partial charge in [0.1, 0.15) is 11.6 Å². The van der Waals surface area contributed by atoms with Crippen LogP contribution in [0.1, 0.15) is 78.0 Å². The lowest BCUT2D eigenvalue weighted by Gasteiger charge is -2.16. The Labute approximate surface area is 223 Å². The van der Waals surface area contributed by atoms with E-state index >= 15 is 0 Å². The van der Waals surface area contributed by atoms with Crippen LogP contribution in [0.3, 0.4) is 0 Å². The molecular formula is C32H35FN2O3. The second-order valence-corrected chi connectivity index (χ2v) is 10.3. The topological polar surface area (TPSA) is 60.3 Å². The number of aryl methyl sites for hydroxylation is 1. The molecule has 0 saturated carbocycles. The summed E-state index contributed by atoms with van der Waals surface area (Å²) < 4.78 is 21.9. The summed E-state index contributed by atoms with van der Waals surface area (Å²) in [5.74, 6) is 0.183. The van der Waals surface area contributed by atoms with Crippen LogP contribution < -0.4 is 10.1 Å². The highest BCUT2D eigenvalue weighted by atomic mass is 19.1. The van der Waals surface area contributed by atoms with Crippen LogP contribution in [0.15, 0.2) is 60.7 Å². The van der Waals surface area contributed by atoms with Gasteiger partial charge in [-0.25, -0.2) is 4.39 Å². The second-order valence-electron chi connectivity index (χ2n) is 10.3. The van der Waals surface area contributed by atoms with E-state index in [4.69, 9.17) is 4.74 Å². The number of halogens is 1. The normalized spacial score (nSPS) is 12.9. The van der Waals surface area contributed by atoms with Gasteiger partial charge in [0.15, 0.2) is 12.4 Å². The molecule has 3 aromatic carbocycles. The Hall–Kier alpha value is -3.93. The lowest BCUT2D eigenvalue weighted by molar-refractivity contribution is -0.113.